The fourth-order valence-electron chi connectivity index (χ4n) is 3.24. The summed E-state index contributed by atoms with van der Waals surface area (Å²) in [6.45, 7) is 1.80. The van der Waals surface area contributed by atoms with Gasteiger partial charge in [-0.25, -0.2) is 8.78 Å². The molecule has 3 rings (SSSR count). The quantitative estimate of drug-likeness (QED) is 0.892. The van der Waals surface area contributed by atoms with Crippen LogP contribution in [0.3, 0.4) is 0 Å². The van der Waals surface area contributed by atoms with E-state index in [-0.39, 0.29) is 12.6 Å². The molecule has 1 saturated heterocycles. The summed E-state index contributed by atoms with van der Waals surface area (Å²) in [5.74, 6) is 0.459. The van der Waals surface area contributed by atoms with Gasteiger partial charge in [0, 0.05) is 25.2 Å². The molecule has 2 aliphatic rings. The number of nitrogens with one attached hydrogen (secondary N) is 1. The molecule has 2 unspecified atom stereocenters. The Kier molecular flexibility index (Phi) is 4.32. The van der Waals surface area contributed by atoms with E-state index in [9.17, 15) is 8.78 Å². The lowest BCUT2D eigenvalue weighted by molar-refractivity contribution is 0.118. The van der Waals surface area contributed by atoms with Gasteiger partial charge in [0.2, 0.25) is 0 Å². The lowest BCUT2D eigenvalue weighted by Gasteiger charge is -2.38. The van der Waals surface area contributed by atoms with Crippen LogP contribution in [0.25, 0.3) is 0 Å². The number of likely N-dealkylation sites (tertiary alicyclic amines) is 1. The third-order valence-electron chi connectivity index (χ3n) is 4.37. The van der Waals surface area contributed by atoms with Gasteiger partial charge in [-0.3, -0.25) is 4.90 Å². The van der Waals surface area contributed by atoms with E-state index in [0.29, 0.717) is 12.0 Å². The molecule has 2 nitrogen and oxygen atoms in total. The molecule has 1 aromatic rings. The first-order valence-electron chi connectivity index (χ1n) is 7.53. The van der Waals surface area contributed by atoms with Crippen LogP contribution in [0.5, 0.6) is 0 Å². The molecule has 1 N–H and O–H groups in total. The first-order valence-corrected chi connectivity index (χ1v) is 7.53. The zero-order valence-corrected chi connectivity index (χ0v) is 11.6. The molecule has 1 saturated carbocycles. The van der Waals surface area contributed by atoms with Crippen LogP contribution in [0.2, 0.25) is 0 Å². The maximum atomic E-state index is 12.4. The monoisotopic (exact) mass is 280 g/mol. The summed E-state index contributed by atoms with van der Waals surface area (Å²) < 4.78 is 24.8. The Balaban J connectivity index is 1.66. The van der Waals surface area contributed by atoms with Crippen LogP contribution in [-0.2, 0) is 0 Å². The average Bonchev–Trinajstić information content (AvgIpc) is 3.30. The van der Waals surface area contributed by atoms with Crippen LogP contribution >= 0.6 is 0 Å². The summed E-state index contributed by atoms with van der Waals surface area (Å²) in [4.78, 5) is 2.49. The second kappa shape index (κ2) is 6.19. The molecule has 0 amide bonds. The third kappa shape index (κ3) is 3.55. The molecule has 0 radical (unpaired) electrons. The first-order chi connectivity index (χ1) is 9.72. The molecule has 4 heteroatoms. The van der Waals surface area contributed by atoms with Crippen molar-refractivity contribution in [1.82, 2.24) is 10.2 Å². The van der Waals surface area contributed by atoms with E-state index in [2.05, 4.69) is 34.5 Å². The zero-order valence-electron chi connectivity index (χ0n) is 11.6. The average molecular weight is 280 g/mol. The normalized spacial score (nSPS) is 27.9. The number of alkyl halides is 2. The van der Waals surface area contributed by atoms with Gasteiger partial charge in [0.15, 0.2) is 0 Å². The molecule has 1 aromatic carbocycles. The van der Waals surface area contributed by atoms with E-state index in [1.54, 1.807) is 0 Å². The number of rotatable bonds is 5. The maximum Gasteiger partial charge on any atom is 0.250 e. The SMILES string of the molecule is FC(F)CNC1CC(c2ccccc2)CN(C2CC2)C1. The van der Waals surface area contributed by atoms with Crippen LogP contribution in [-0.4, -0.2) is 43.0 Å². The van der Waals surface area contributed by atoms with Crippen molar-refractivity contribution in [3.05, 3.63) is 35.9 Å². The molecular weight excluding hydrogens is 258 g/mol. The molecule has 20 heavy (non-hydrogen) atoms. The lowest BCUT2D eigenvalue weighted by atomic mass is 9.88. The Labute approximate surface area is 119 Å². The van der Waals surface area contributed by atoms with Crippen molar-refractivity contribution in [3.63, 3.8) is 0 Å². The number of hydrogen-bond acceptors (Lipinski definition) is 2. The topological polar surface area (TPSA) is 15.3 Å². The van der Waals surface area contributed by atoms with Crippen molar-refractivity contribution in [2.24, 2.45) is 0 Å². The molecule has 0 spiro atoms. The molecule has 2 fully saturated rings. The van der Waals surface area contributed by atoms with Crippen molar-refractivity contribution in [2.45, 2.75) is 43.7 Å². The minimum atomic E-state index is -2.26. The summed E-state index contributed by atoms with van der Waals surface area (Å²) in [6.07, 6.45) is 1.23. The van der Waals surface area contributed by atoms with Gasteiger partial charge in [-0.1, -0.05) is 30.3 Å². The van der Waals surface area contributed by atoms with Gasteiger partial charge in [0.25, 0.3) is 6.43 Å². The highest BCUT2D eigenvalue weighted by atomic mass is 19.3. The molecule has 1 aliphatic carbocycles. The van der Waals surface area contributed by atoms with E-state index >= 15 is 0 Å². The zero-order chi connectivity index (χ0) is 13.9. The summed E-state index contributed by atoms with van der Waals surface area (Å²) >= 11 is 0. The second-order valence-electron chi connectivity index (χ2n) is 6.02. The van der Waals surface area contributed by atoms with E-state index in [0.717, 1.165) is 19.5 Å². The number of nitrogens with zero attached hydrogens (tertiary/aromatic N) is 1. The standard InChI is InChI=1S/C16H22F2N2/c17-16(18)9-19-14-8-13(12-4-2-1-3-5-12)10-20(11-14)15-6-7-15/h1-5,13-16,19H,6-11H2. The van der Waals surface area contributed by atoms with Crippen LogP contribution in [0.4, 0.5) is 8.78 Å². The number of benzene rings is 1. The van der Waals surface area contributed by atoms with Gasteiger partial charge in [0.05, 0.1) is 6.54 Å². The Morgan fingerprint density at radius 2 is 1.90 bits per heavy atom. The maximum absolute atomic E-state index is 12.4. The van der Waals surface area contributed by atoms with E-state index in [1.807, 2.05) is 6.07 Å². The minimum Gasteiger partial charge on any atom is -0.307 e. The van der Waals surface area contributed by atoms with Crippen molar-refractivity contribution in [2.75, 3.05) is 19.6 Å². The highest BCUT2D eigenvalue weighted by molar-refractivity contribution is 5.21. The van der Waals surface area contributed by atoms with E-state index in [4.69, 9.17) is 0 Å². The van der Waals surface area contributed by atoms with Crippen molar-refractivity contribution in [3.8, 4) is 0 Å². The molecule has 1 aliphatic heterocycles. The predicted octanol–water partition coefficient (Wildman–Crippen LogP) is 2.86. The Bertz CT molecular complexity index is 420. The molecule has 0 bridgehead atoms. The fraction of sp³-hybridized carbons (Fsp3) is 0.625. The van der Waals surface area contributed by atoms with Gasteiger partial charge in [-0.2, -0.15) is 0 Å². The van der Waals surface area contributed by atoms with Crippen LogP contribution < -0.4 is 5.32 Å². The van der Waals surface area contributed by atoms with Gasteiger partial charge < -0.3 is 5.32 Å². The lowest BCUT2D eigenvalue weighted by Crippen LogP contribution is -2.50. The van der Waals surface area contributed by atoms with Gasteiger partial charge in [-0.15, -0.1) is 0 Å². The summed E-state index contributed by atoms with van der Waals surface area (Å²) in [6, 6.07) is 11.3. The Morgan fingerprint density at radius 1 is 1.15 bits per heavy atom. The number of piperidine rings is 1. The molecule has 1 heterocycles. The summed E-state index contributed by atoms with van der Waals surface area (Å²) in [7, 11) is 0. The fourth-order valence-corrected chi connectivity index (χ4v) is 3.24. The molecule has 2 atom stereocenters. The van der Waals surface area contributed by atoms with Crippen molar-refractivity contribution < 1.29 is 8.78 Å². The minimum absolute atomic E-state index is 0.184. The third-order valence-corrected chi connectivity index (χ3v) is 4.37. The highest BCUT2D eigenvalue weighted by Gasteiger charge is 2.36. The Hall–Kier alpha value is -1.00. The van der Waals surface area contributed by atoms with Gasteiger partial charge in [-0.05, 0) is 30.7 Å². The van der Waals surface area contributed by atoms with Gasteiger partial charge >= 0.3 is 0 Å². The van der Waals surface area contributed by atoms with E-state index in [1.165, 1.54) is 18.4 Å². The summed E-state index contributed by atoms with van der Waals surface area (Å²) in [5.41, 5.74) is 1.33. The van der Waals surface area contributed by atoms with Crippen molar-refractivity contribution in [1.29, 1.82) is 0 Å². The van der Waals surface area contributed by atoms with Crippen molar-refractivity contribution >= 4 is 0 Å². The second-order valence-corrected chi connectivity index (χ2v) is 6.02. The highest BCUT2D eigenvalue weighted by Crippen LogP contribution is 2.34. The number of hydrogen-bond donors (Lipinski definition) is 1. The summed E-state index contributed by atoms with van der Waals surface area (Å²) in [5, 5.41) is 3.04. The molecular formula is C16H22F2N2. The van der Waals surface area contributed by atoms with Crippen LogP contribution in [0.1, 0.15) is 30.7 Å². The smallest absolute Gasteiger partial charge is 0.250 e. The van der Waals surface area contributed by atoms with Crippen LogP contribution in [0, 0.1) is 0 Å². The van der Waals surface area contributed by atoms with Gasteiger partial charge in [0.1, 0.15) is 0 Å². The van der Waals surface area contributed by atoms with E-state index < -0.39 is 6.43 Å². The number of halogens is 2. The largest absolute Gasteiger partial charge is 0.307 e. The predicted molar refractivity (Wildman–Crippen MR) is 76.2 cm³/mol. The first kappa shape index (κ1) is 14.0. The molecule has 110 valence electrons. The van der Waals surface area contributed by atoms with Crippen LogP contribution in [0.15, 0.2) is 30.3 Å². The molecule has 0 aromatic heterocycles. The Morgan fingerprint density at radius 3 is 2.55 bits per heavy atom.